The maximum atomic E-state index is 13.3. The van der Waals surface area contributed by atoms with Gasteiger partial charge in [0.2, 0.25) is 5.91 Å². The molecular formula is C18H14FN4OS+. The van der Waals surface area contributed by atoms with Gasteiger partial charge in [-0.25, -0.2) is 9.37 Å². The monoisotopic (exact) mass is 353 g/mol. The Kier molecular flexibility index (Phi) is 3.44. The Balaban J connectivity index is 2.00. The molecule has 7 heteroatoms. The molecule has 1 aliphatic heterocycles. The van der Waals surface area contributed by atoms with Crippen molar-refractivity contribution < 1.29 is 14.2 Å². The van der Waals surface area contributed by atoms with Crippen LogP contribution in [0.2, 0.25) is 0 Å². The van der Waals surface area contributed by atoms with Crippen LogP contribution < -0.4 is 16.0 Å². The highest BCUT2D eigenvalue weighted by Gasteiger charge is 2.33. The van der Waals surface area contributed by atoms with Crippen LogP contribution in [0.3, 0.4) is 0 Å². The topological polar surface area (TPSA) is 93.1 Å². The van der Waals surface area contributed by atoms with Crippen LogP contribution in [0.1, 0.15) is 34.6 Å². The highest BCUT2D eigenvalue weighted by Crippen LogP contribution is 2.46. The maximum Gasteiger partial charge on any atom is 0.289 e. The number of aromatic nitrogens is 1. The summed E-state index contributed by atoms with van der Waals surface area (Å²) < 4.78 is 14.2. The molecule has 5 nitrogen and oxygen atoms in total. The molecule has 1 aliphatic rings. The number of pyridine rings is 1. The number of nitriles is 1. The Labute approximate surface area is 146 Å². The van der Waals surface area contributed by atoms with E-state index in [1.165, 1.54) is 23.5 Å². The molecule has 0 saturated carbocycles. The van der Waals surface area contributed by atoms with Crippen molar-refractivity contribution in [2.24, 2.45) is 0 Å². The van der Waals surface area contributed by atoms with Crippen molar-refractivity contribution in [3.05, 3.63) is 52.3 Å². The van der Waals surface area contributed by atoms with Gasteiger partial charge in [0.1, 0.15) is 28.0 Å². The number of rotatable bonds is 1. The van der Waals surface area contributed by atoms with E-state index in [0.29, 0.717) is 11.4 Å². The number of carbonyl (C=O) groups is 1. The van der Waals surface area contributed by atoms with E-state index in [-0.39, 0.29) is 24.1 Å². The number of aromatic amines is 1. The molecule has 25 heavy (non-hydrogen) atoms. The Bertz CT molecular complexity index is 1070. The number of amides is 1. The molecule has 0 aliphatic carbocycles. The van der Waals surface area contributed by atoms with Crippen molar-refractivity contribution in [3.8, 4) is 6.07 Å². The number of nitrogens with one attached hydrogen (secondary N) is 2. The van der Waals surface area contributed by atoms with Crippen LogP contribution in [0.5, 0.6) is 0 Å². The molecule has 124 valence electrons. The van der Waals surface area contributed by atoms with Crippen molar-refractivity contribution in [2.45, 2.75) is 19.3 Å². The van der Waals surface area contributed by atoms with Crippen LogP contribution in [0.4, 0.5) is 15.2 Å². The fourth-order valence-corrected chi connectivity index (χ4v) is 4.60. The number of fused-ring (bicyclic) bond motifs is 3. The summed E-state index contributed by atoms with van der Waals surface area (Å²) >= 11 is 1.43. The molecule has 4 N–H and O–H groups in total. The van der Waals surface area contributed by atoms with Gasteiger partial charge in [0.05, 0.1) is 4.70 Å². The van der Waals surface area contributed by atoms with Gasteiger partial charge in [-0.2, -0.15) is 5.26 Å². The molecule has 2 aromatic heterocycles. The Morgan fingerprint density at radius 2 is 2.12 bits per heavy atom. The second-order valence-electron chi connectivity index (χ2n) is 6.06. The number of H-pyrrole nitrogens is 1. The second-order valence-corrected chi connectivity index (χ2v) is 7.08. The Morgan fingerprint density at radius 1 is 1.40 bits per heavy atom. The van der Waals surface area contributed by atoms with Crippen LogP contribution in [0, 0.1) is 24.1 Å². The summed E-state index contributed by atoms with van der Waals surface area (Å²) in [5.74, 6) is -0.284. The number of halogens is 1. The molecule has 0 saturated heterocycles. The van der Waals surface area contributed by atoms with Gasteiger partial charge in [-0.15, -0.1) is 11.3 Å². The minimum absolute atomic E-state index is 0.0838. The first kappa shape index (κ1) is 15.5. The molecule has 0 spiro atoms. The van der Waals surface area contributed by atoms with E-state index in [1.807, 2.05) is 6.92 Å². The van der Waals surface area contributed by atoms with Crippen molar-refractivity contribution in [1.29, 1.82) is 5.26 Å². The minimum atomic E-state index is -0.315. The van der Waals surface area contributed by atoms with Gasteiger partial charge in [0, 0.05) is 17.9 Å². The average Bonchev–Trinajstić information content (AvgIpc) is 2.93. The van der Waals surface area contributed by atoms with E-state index in [0.717, 1.165) is 31.9 Å². The molecule has 1 aromatic carbocycles. The number of hydrogen-bond donors (Lipinski definition) is 2. The standard InChI is InChI=1S/C18H13FN4OS/c1-8-12(7-20)17(21)23-15-14-11(9-2-4-10(19)5-3-9)6-13(24)22-18(14)25-16(8)15/h2-5,11H,6H2,1H3,(H2,21,23)(H,22,24)/p+1/t11-/m1/s1. The van der Waals surface area contributed by atoms with E-state index in [4.69, 9.17) is 5.73 Å². The van der Waals surface area contributed by atoms with Crippen LogP contribution in [0.15, 0.2) is 24.3 Å². The molecule has 0 fully saturated rings. The first-order valence-corrected chi connectivity index (χ1v) is 8.54. The van der Waals surface area contributed by atoms with Gasteiger partial charge in [-0.05, 0) is 30.2 Å². The maximum absolute atomic E-state index is 13.3. The number of benzene rings is 1. The van der Waals surface area contributed by atoms with E-state index in [2.05, 4.69) is 16.4 Å². The minimum Gasteiger partial charge on any atom is -0.317 e. The Hall–Kier alpha value is -2.98. The zero-order valence-electron chi connectivity index (χ0n) is 13.3. The van der Waals surface area contributed by atoms with Gasteiger partial charge in [0.25, 0.3) is 5.82 Å². The van der Waals surface area contributed by atoms with Gasteiger partial charge in [-0.3, -0.25) is 10.5 Å². The van der Waals surface area contributed by atoms with Gasteiger partial charge in [-0.1, -0.05) is 12.1 Å². The fraction of sp³-hybridized carbons (Fsp3) is 0.167. The third kappa shape index (κ3) is 2.34. The molecule has 3 aromatic rings. The zero-order valence-corrected chi connectivity index (χ0v) is 14.1. The molecule has 4 rings (SSSR count). The highest BCUT2D eigenvalue weighted by molar-refractivity contribution is 7.23. The number of nitrogen functional groups attached to an aromatic ring is 1. The van der Waals surface area contributed by atoms with Crippen molar-refractivity contribution >= 4 is 38.3 Å². The number of nitrogens with zero attached hydrogens (tertiary/aromatic N) is 1. The molecular weight excluding hydrogens is 339 g/mol. The van der Waals surface area contributed by atoms with E-state index in [1.54, 1.807) is 12.1 Å². The number of nitrogens with two attached hydrogens (primary N) is 1. The van der Waals surface area contributed by atoms with E-state index < -0.39 is 0 Å². The van der Waals surface area contributed by atoms with Crippen molar-refractivity contribution in [2.75, 3.05) is 11.1 Å². The number of carbonyl (C=O) groups excluding carboxylic acids is 1. The highest BCUT2D eigenvalue weighted by atomic mass is 32.1. The van der Waals surface area contributed by atoms with Crippen LogP contribution in [0.25, 0.3) is 10.2 Å². The van der Waals surface area contributed by atoms with E-state index >= 15 is 0 Å². The lowest BCUT2D eigenvalue weighted by Gasteiger charge is -2.22. The fourth-order valence-electron chi connectivity index (χ4n) is 3.36. The largest absolute Gasteiger partial charge is 0.317 e. The van der Waals surface area contributed by atoms with Crippen LogP contribution in [-0.4, -0.2) is 5.91 Å². The summed E-state index contributed by atoms with van der Waals surface area (Å²) in [5, 5.41) is 13.0. The number of hydrogen-bond acceptors (Lipinski definition) is 4. The molecule has 3 heterocycles. The molecule has 1 atom stereocenters. The summed E-state index contributed by atoms with van der Waals surface area (Å²) in [6, 6.07) is 8.31. The summed E-state index contributed by atoms with van der Waals surface area (Å²) in [5.41, 5.74) is 9.84. The number of aryl methyl sites for hydroxylation is 1. The number of anilines is 2. The quantitative estimate of drug-likeness (QED) is 0.704. The van der Waals surface area contributed by atoms with Gasteiger partial charge in [0.15, 0.2) is 0 Å². The summed E-state index contributed by atoms with van der Waals surface area (Å²) in [7, 11) is 0. The SMILES string of the molecule is Cc1c(C#N)c(N)[nH+]c2c3c(sc12)NC(=O)C[C@@H]3c1ccc(F)cc1. The molecule has 1 amide bonds. The first-order chi connectivity index (χ1) is 12.0. The van der Waals surface area contributed by atoms with Crippen molar-refractivity contribution in [3.63, 3.8) is 0 Å². The first-order valence-electron chi connectivity index (χ1n) is 7.72. The second kappa shape index (κ2) is 5.53. The van der Waals surface area contributed by atoms with Gasteiger partial charge < -0.3 is 5.32 Å². The van der Waals surface area contributed by atoms with Gasteiger partial charge >= 0.3 is 0 Å². The lowest BCUT2D eigenvalue weighted by Crippen LogP contribution is -2.24. The summed E-state index contributed by atoms with van der Waals surface area (Å²) in [6.07, 6.45) is 0.275. The average molecular weight is 353 g/mol. The lowest BCUT2D eigenvalue weighted by molar-refractivity contribution is -0.327. The third-order valence-electron chi connectivity index (χ3n) is 4.56. The normalized spacial score (nSPS) is 16.4. The third-order valence-corrected chi connectivity index (χ3v) is 5.81. The van der Waals surface area contributed by atoms with E-state index in [9.17, 15) is 14.4 Å². The van der Waals surface area contributed by atoms with Crippen LogP contribution >= 0.6 is 11.3 Å². The number of thiophene rings is 1. The predicted octanol–water partition coefficient (Wildman–Crippen LogP) is 3.09. The Morgan fingerprint density at radius 3 is 2.80 bits per heavy atom. The summed E-state index contributed by atoms with van der Waals surface area (Å²) in [4.78, 5) is 15.3. The zero-order chi connectivity index (χ0) is 17.7. The summed E-state index contributed by atoms with van der Waals surface area (Å²) in [6.45, 7) is 1.85. The van der Waals surface area contributed by atoms with Crippen molar-refractivity contribution in [1.82, 2.24) is 0 Å². The molecule has 0 radical (unpaired) electrons. The lowest BCUT2D eigenvalue weighted by atomic mass is 9.86. The molecule has 0 unspecified atom stereocenters. The smallest absolute Gasteiger partial charge is 0.289 e. The van der Waals surface area contributed by atoms with Crippen LogP contribution in [-0.2, 0) is 4.79 Å². The molecule has 0 bridgehead atoms. The predicted molar refractivity (Wildman–Crippen MR) is 93.7 cm³/mol.